The molecule has 0 fully saturated rings. The van der Waals surface area contributed by atoms with E-state index in [-0.39, 0.29) is 24.2 Å². The van der Waals surface area contributed by atoms with E-state index in [4.69, 9.17) is 9.84 Å². The molecular weight excluding hydrogens is 265 g/mol. The number of halogens is 1. The minimum atomic E-state index is -0.945. The molecule has 0 heterocycles. The van der Waals surface area contributed by atoms with Crippen molar-refractivity contribution in [3.05, 3.63) is 29.6 Å². The van der Waals surface area contributed by atoms with Gasteiger partial charge in [-0.05, 0) is 32.4 Å². The monoisotopic (exact) mass is 283 g/mol. The van der Waals surface area contributed by atoms with Gasteiger partial charge < -0.3 is 15.2 Å². The lowest BCUT2D eigenvalue weighted by Gasteiger charge is -2.25. The summed E-state index contributed by atoms with van der Waals surface area (Å²) in [6.07, 6.45) is 0.174. The Bertz CT molecular complexity index is 514. The lowest BCUT2D eigenvalue weighted by Crippen LogP contribution is -2.44. The summed E-state index contributed by atoms with van der Waals surface area (Å²) in [6.45, 7) is 3.37. The highest BCUT2D eigenvalue weighted by Crippen LogP contribution is 2.21. The van der Waals surface area contributed by atoms with Crippen molar-refractivity contribution in [2.45, 2.75) is 32.2 Å². The maximum absolute atomic E-state index is 13.9. The number of methoxy groups -OCH3 is 1. The normalized spacial score (nSPS) is 11.0. The molecule has 6 heteroatoms. The molecule has 0 bridgehead atoms. The number of amides is 1. The Balaban J connectivity index is 2.83. The third-order valence-electron chi connectivity index (χ3n) is 2.84. The van der Waals surface area contributed by atoms with Crippen molar-refractivity contribution >= 4 is 11.9 Å². The molecule has 0 saturated carbocycles. The molecule has 0 aliphatic carbocycles. The van der Waals surface area contributed by atoms with Gasteiger partial charge in [-0.1, -0.05) is 6.07 Å². The molecule has 0 atom stereocenters. The van der Waals surface area contributed by atoms with Crippen molar-refractivity contribution in [2.75, 3.05) is 7.11 Å². The number of rotatable bonds is 6. The van der Waals surface area contributed by atoms with Gasteiger partial charge in [-0.2, -0.15) is 0 Å². The van der Waals surface area contributed by atoms with Crippen LogP contribution in [0.3, 0.4) is 0 Å². The molecule has 1 aromatic carbocycles. The molecule has 0 saturated heterocycles. The standard InChI is InChI=1S/C14H18FNO4/c1-14(2,8-7-11(17)18)16-13(19)9-5-4-6-10(20-3)12(9)15/h4-6H,7-8H2,1-3H3,(H,16,19)(H,17,18). The third-order valence-corrected chi connectivity index (χ3v) is 2.84. The number of carbonyl (C=O) groups is 2. The van der Waals surface area contributed by atoms with E-state index < -0.39 is 23.2 Å². The van der Waals surface area contributed by atoms with E-state index in [2.05, 4.69) is 5.32 Å². The number of benzene rings is 1. The highest BCUT2D eigenvalue weighted by Gasteiger charge is 2.24. The Morgan fingerprint density at radius 1 is 1.40 bits per heavy atom. The van der Waals surface area contributed by atoms with Crippen LogP contribution in [0.25, 0.3) is 0 Å². The molecule has 0 aliphatic heterocycles. The summed E-state index contributed by atoms with van der Waals surface area (Å²) in [5, 5.41) is 11.3. The van der Waals surface area contributed by atoms with E-state index in [1.54, 1.807) is 13.8 Å². The summed E-state index contributed by atoms with van der Waals surface area (Å²) in [6, 6.07) is 4.28. The Morgan fingerprint density at radius 2 is 2.05 bits per heavy atom. The molecule has 0 aliphatic rings. The van der Waals surface area contributed by atoms with Gasteiger partial charge in [-0.3, -0.25) is 9.59 Å². The molecule has 20 heavy (non-hydrogen) atoms. The summed E-state index contributed by atoms with van der Waals surface area (Å²) < 4.78 is 18.7. The van der Waals surface area contributed by atoms with Crippen molar-refractivity contribution in [1.82, 2.24) is 5.32 Å². The van der Waals surface area contributed by atoms with Crippen LogP contribution in [0.4, 0.5) is 4.39 Å². The molecule has 0 spiro atoms. The number of ether oxygens (including phenoxy) is 1. The van der Waals surface area contributed by atoms with Crippen LogP contribution in [-0.4, -0.2) is 29.6 Å². The molecule has 1 amide bonds. The predicted octanol–water partition coefficient (Wildman–Crippen LogP) is 2.21. The molecular formula is C14H18FNO4. The van der Waals surface area contributed by atoms with Crippen molar-refractivity contribution in [2.24, 2.45) is 0 Å². The zero-order valence-electron chi connectivity index (χ0n) is 11.7. The maximum atomic E-state index is 13.9. The first-order chi connectivity index (χ1) is 9.26. The summed E-state index contributed by atoms with van der Waals surface area (Å²) in [5.41, 5.74) is -0.877. The molecule has 110 valence electrons. The van der Waals surface area contributed by atoms with E-state index in [1.165, 1.54) is 25.3 Å². The maximum Gasteiger partial charge on any atom is 0.303 e. The zero-order chi connectivity index (χ0) is 15.3. The second kappa shape index (κ2) is 6.36. The lowest BCUT2D eigenvalue weighted by atomic mass is 9.97. The minimum Gasteiger partial charge on any atom is -0.494 e. The van der Waals surface area contributed by atoms with E-state index in [0.29, 0.717) is 0 Å². The fourth-order valence-electron chi connectivity index (χ4n) is 1.70. The SMILES string of the molecule is COc1cccc(C(=O)NC(C)(C)CCC(=O)O)c1F. The van der Waals surface area contributed by atoms with Crippen molar-refractivity contribution < 1.29 is 23.8 Å². The van der Waals surface area contributed by atoms with E-state index in [9.17, 15) is 14.0 Å². The second-order valence-electron chi connectivity index (χ2n) is 5.05. The highest BCUT2D eigenvalue weighted by molar-refractivity contribution is 5.95. The topological polar surface area (TPSA) is 75.6 Å². The molecule has 0 aromatic heterocycles. The fourth-order valence-corrected chi connectivity index (χ4v) is 1.70. The van der Waals surface area contributed by atoms with Gasteiger partial charge in [-0.15, -0.1) is 0 Å². The van der Waals surface area contributed by atoms with E-state index in [0.717, 1.165) is 0 Å². The molecule has 5 nitrogen and oxygen atoms in total. The third kappa shape index (κ3) is 4.22. The smallest absolute Gasteiger partial charge is 0.303 e. The van der Waals surface area contributed by atoms with E-state index >= 15 is 0 Å². The first-order valence-corrected chi connectivity index (χ1v) is 6.13. The Morgan fingerprint density at radius 3 is 2.60 bits per heavy atom. The second-order valence-corrected chi connectivity index (χ2v) is 5.05. The average Bonchev–Trinajstić information content (AvgIpc) is 2.36. The summed E-state index contributed by atoms with van der Waals surface area (Å²) >= 11 is 0. The lowest BCUT2D eigenvalue weighted by molar-refractivity contribution is -0.137. The number of hydrogen-bond donors (Lipinski definition) is 2. The van der Waals surface area contributed by atoms with Gasteiger partial charge in [0.1, 0.15) is 0 Å². The van der Waals surface area contributed by atoms with Gasteiger partial charge >= 0.3 is 5.97 Å². The quantitative estimate of drug-likeness (QED) is 0.839. The molecule has 0 unspecified atom stereocenters. The number of aliphatic carboxylic acids is 1. The van der Waals surface area contributed by atoms with Gasteiger partial charge in [-0.25, -0.2) is 4.39 Å². The van der Waals surface area contributed by atoms with Gasteiger partial charge in [0.05, 0.1) is 12.7 Å². The van der Waals surface area contributed by atoms with Crippen LogP contribution < -0.4 is 10.1 Å². The largest absolute Gasteiger partial charge is 0.494 e. The Labute approximate surface area is 116 Å². The van der Waals surface area contributed by atoms with Crippen LogP contribution in [-0.2, 0) is 4.79 Å². The Hall–Kier alpha value is -2.11. The minimum absolute atomic E-state index is 0.0130. The molecule has 0 radical (unpaired) electrons. The summed E-state index contributed by atoms with van der Waals surface area (Å²) in [5.74, 6) is -2.29. The van der Waals surface area contributed by atoms with Crippen molar-refractivity contribution in [1.29, 1.82) is 0 Å². The average molecular weight is 283 g/mol. The van der Waals surface area contributed by atoms with Crippen LogP contribution in [0.1, 0.15) is 37.0 Å². The first-order valence-electron chi connectivity index (χ1n) is 6.13. The van der Waals surface area contributed by atoms with Crippen LogP contribution >= 0.6 is 0 Å². The van der Waals surface area contributed by atoms with Crippen molar-refractivity contribution in [3.8, 4) is 5.75 Å². The van der Waals surface area contributed by atoms with Gasteiger partial charge in [0.2, 0.25) is 0 Å². The fraction of sp³-hybridized carbons (Fsp3) is 0.429. The number of carbonyl (C=O) groups excluding carboxylic acids is 1. The number of nitrogens with one attached hydrogen (secondary N) is 1. The zero-order valence-corrected chi connectivity index (χ0v) is 11.7. The number of carboxylic acids is 1. The predicted molar refractivity (Wildman–Crippen MR) is 71.4 cm³/mol. The molecule has 1 rings (SSSR count). The highest BCUT2D eigenvalue weighted by atomic mass is 19.1. The van der Waals surface area contributed by atoms with Gasteiger partial charge in [0, 0.05) is 12.0 Å². The van der Waals surface area contributed by atoms with Crippen molar-refractivity contribution in [3.63, 3.8) is 0 Å². The van der Waals surface area contributed by atoms with Gasteiger partial charge in [0.15, 0.2) is 11.6 Å². The first kappa shape index (κ1) is 15.9. The Kier molecular flexibility index (Phi) is 5.07. The van der Waals surface area contributed by atoms with Crippen LogP contribution in [0.5, 0.6) is 5.75 Å². The number of hydrogen-bond acceptors (Lipinski definition) is 3. The van der Waals surface area contributed by atoms with E-state index in [1.807, 2.05) is 0 Å². The van der Waals surface area contributed by atoms with Crippen LogP contribution in [0, 0.1) is 5.82 Å². The summed E-state index contributed by atoms with van der Waals surface area (Å²) in [4.78, 5) is 22.6. The van der Waals surface area contributed by atoms with Gasteiger partial charge in [0.25, 0.3) is 5.91 Å². The molecule has 1 aromatic rings. The number of carboxylic acid groups (broad SMARTS) is 1. The van der Waals surface area contributed by atoms with Crippen LogP contribution in [0.15, 0.2) is 18.2 Å². The summed E-state index contributed by atoms with van der Waals surface area (Å²) in [7, 11) is 1.32. The van der Waals surface area contributed by atoms with Crippen LogP contribution in [0.2, 0.25) is 0 Å². The molecule has 2 N–H and O–H groups in total.